The van der Waals surface area contributed by atoms with Gasteiger partial charge in [0.15, 0.2) is 11.5 Å². The average molecular weight is 330 g/mol. The summed E-state index contributed by atoms with van der Waals surface area (Å²) < 4.78 is 11.5. The van der Waals surface area contributed by atoms with Crippen LogP contribution in [-0.2, 0) is 11.3 Å². The van der Waals surface area contributed by atoms with Gasteiger partial charge in [0.05, 0.1) is 11.0 Å². The molecule has 1 aromatic carbocycles. The van der Waals surface area contributed by atoms with E-state index in [1.165, 1.54) is 0 Å². The Hall–Kier alpha value is -1.27. The van der Waals surface area contributed by atoms with Gasteiger partial charge in [-0.1, -0.05) is 6.92 Å². The second-order valence-corrected chi connectivity index (χ2v) is 5.27. The molecule has 19 heavy (non-hydrogen) atoms. The zero-order chi connectivity index (χ0) is 13.8. The molecule has 1 aliphatic rings. The van der Waals surface area contributed by atoms with Crippen LogP contribution in [0.25, 0.3) is 0 Å². The SMILES string of the molecule is CCCN(CC(=O)O)Cc1cc(Br)c2c(c1)OCO2. The molecule has 1 heterocycles. The lowest BCUT2D eigenvalue weighted by Crippen LogP contribution is -2.30. The molecule has 0 amide bonds. The van der Waals surface area contributed by atoms with E-state index in [9.17, 15) is 4.79 Å². The Bertz CT molecular complexity index is 478. The Morgan fingerprint density at radius 3 is 2.95 bits per heavy atom. The van der Waals surface area contributed by atoms with Gasteiger partial charge in [-0.2, -0.15) is 0 Å². The molecule has 6 heteroatoms. The van der Waals surface area contributed by atoms with Gasteiger partial charge in [-0.05, 0) is 46.6 Å². The fourth-order valence-corrected chi connectivity index (χ4v) is 2.70. The molecular weight excluding hydrogens is 314 g/mol. The number of rotatable bonds is 6. The predicted octanol–water partition coefficient (Wildman–Crippen LogP) is 2.47. The van der Waals surface area contributed by atoms with Gasteiger partial charge < -0.3 is 14.6 Å². The number of hydrogen-bond acceptors (Lipinski definition) is 4. The number of carboxylic acids is 1. The van der Waals surface area contributed by atoms with E-state index in [0.717, 1.165) is 23.0 Å². The zero-order valence-corrected chi connectivity index (χ0v) is 12.3. The van der Waals surface area contributed by atoms with E-state index >= 15 is 0 Å². The molecule has 104 valence electrons. The zero-order valence-electron chi connectivity index (χ0n) is 10.7. The number of nitrogens with zero attached hydrogens (tertiary/aromatic N) is 1. The molecule has 0 spiro atoms. The van der Waals surface area contributed by atoms with Crippen LogP contribution < -0.4 is 9.47 Å². The molecule has 1 aromatic rings. The molecule has 0 fully saturated rings. The van der Waals surface area contributed by atoms with E-state index in [2.05, 4.69) is 15.9 Å². The fraction of sp³-hybridized carbons (Fsp3) is 0.462. The van der Waals surface area contributed by atoms with Crippen LogP contribution in [0.1, 0.15) is 18.9 Å². The first-order valence-corrected chi connectivity index (χ1v) is 6.91. The molecular formula is C13H16BrNO4. The van der Waals surface area contributed by atoms with Gasteiger partial charge in [0.25, 0.3) is 0 Å². The summed E-state index contributed by atoms with van der Waals surface area (Å²) in [6.07, 6.45) is 0.916. The highest BCUT2D eigenvalue weighted by Gasteiger charge is 2.19. The second kappa shape index (κ2) is 6.25. The summed E-state index contributed by atoms with van der Waals surface area (Å²) in [6, 6.07) is 3.84. The van der Waals surface area contributed by atoms with Crippen molar-refractivity contribution in [2.75, 3.05) is 19.9 Å². The molecule has 0 unspecified atom stereocenters. The van der Waals surface area contributed by atoms with Gasteiger partial charge in [0.1, 0.15) is 0 Å². The van der Waals surface area contributed by atoms with Crippen LogP contribution in [0.5, 0.6) is 11.5 Å². The van der Waals surface area contributed by atoms with Crippen molar-refractivity contribution in [2.24, 2.45) is 0 Å². The molecule has 1 N–H and O–H groups in total. The standard InChI is InChI=1S/C13H16BrNO4/c1-2-3-15(7-12(16)17)6-9-4-10(14)13-11(5-9)18-8-19-13/h4-5H,2-3,6-8H2,1H3,(H,16,17). The lowest BCUT2D eigenvalue weighted by molar-refractivity contribution is -0.138. The summed E-state index contributed by atoms with van der Waals surface area (Å²) in [5, 5.41) is 8.90. The second-order valence-electron chi connectivity index (χ2n) is 4.42. The Balaban J connectivity index is 2.12. The van der Waals surface area contributed by atoms with Crippen LogP contribution in [0.4, 0.5) is 0 Å². The van der Waals surface area contributed by atoms with Gasteiger partial charge in [-0.3, -0.25) is 9.69 Å². The summed E-state index contributed by atoms with van der Waals surface area (Å²) in [5.41, 5.74) is 1.01. The van der Waals surface area contributed by atoms with E-state index in [4.69, 9.17) is 14.6 Å². The Morgan fingerprint density at radius 1 is 1.47 bits per heavy atom. The molecule has 0 saturated heterocycles. The highest BCUT2D eigenvalue weighted by molar-refractivity contribution is 9.10. The number of ether oxygens (including phenoxy) is 2. The van der Waals surface area contributed by atoms with E-state index < -0.39 is 5.97 Å². The van der Waals surface area contributed by atoms with E-state index in [1.54, 1.807) is 0 Å². The van der Waals surface area contributed by atoms with Crippen molar-refractivity contribution in [3.8, 4) is 11.5 Å². The minimum atomic E-state index is -0.812. The lowest BCUT2D eigenvalue weighted by atomic mass is 10.2. The number of benzene rings is 1. The van der Waals surface area contributed by atoms with Gasteiger partial charge >= 0.3 is 5.97 Å². The molecule has 0 aromatic heterocycles. The number of halogens is 1. The maximum absolute atomic E-state index is 10.8. The molecule has 1 aliphatic heterocycles. The monoisotopic (exact) mass is 329 g/mol. The van der Waals surface area contributed by atoms with E-state index in [0.29, 0.717) is 18.0 Å². The van der Waals surface area contributed by atoms with Crippen LogP contribution in [0, 0.1) is 0 Å². The maximum Gasteiger partial charge on any atom is 0.317 e. The normalized spacial score (nSPS) is 13.0. The number of fused-ring (bicyclic) bond motifs is 1. The Kier molecular flexibility index (Phi) is 4.66. The summed E-state index contributed by atoms with van der Waals surface area (Å²) in [5.74, 6) is 0.605. The topological polar surface area (TPSA) is 59.0 Å². The summed E-state index contributed by atoms with van der Waals surface area (Å²) in [6.45, 7) is 3.63. The van der Waals surface area contributed by atoms with Crippen molar-refractivity contribution in [1.29, 1.82) is 0 Å². The molecule has 0 bridgehead atoms. The van der Waals surface area contributed by atoms with Crippen molar-refractivity contribution in [2.45, 2.75) is 19.9 Å². The van der Waals surface area contributed by atoms with Gasteiger partial charge in [0, 0.05) is 6.54 Å². The quantitative estimate of drug-likeness (QED) is 0.868. The van der Waals surface area contributed by atoms with Crippen molar-refractivity contribution < 1.29 is 19.4 Å². The number of aliphatic carboxylic acids is 1. The number of carboxylic acid groups (broad SMARTS) is 1. The van der Waals surface area contributed by atoms with Crippen molar-refractivity contribution in [1.82, 2.24) is 4.90 Å². The van der Waals surface area contributed by atoms with Gasteiger partial charge in [-0.15, -0.1) is 0 Å². The fourth-order valence-electron chi connectivity index (χ4n) is 2.09. The Morgan fingerprint density at radius 2 is 2.26 bits per heavy atom. The molecule has 2 rings (SSSR count). The van der Waals surface area contributed by atoms with Crippen LogP contribution in [0.3, 0.4) is 0 Å². The predicted molar refractivity (Wildman–Crippen MR) is 73.5 cm³/mol. The smallest absolute Gasteiger partial charge is 0.317 e. The third kappa shape index (κ3) is 3.61. The maximum atomic E-state index is 10.8. The van der Waals surface area contributed by atoms with E-state index in [-0.39, 0.29) is 13.3 Å². The Labute approximate surface area is 120 Å². The highest BCUT2D eigenvalue weighted by Crippen LogP contribution is 2.40. The summed E-state index contributed by atoms with van der Waals surface area (Å²) >= 11 is 3.44. The van der Waals surface area contributed by atoms with Crippen LogP contribution >= 0.6 is 15.9 Å². The first kappa shape index (κ1) is 14.1. The van der Waals surface area contributed by atoms with Crippen molar-refractivity contribution >= 4 is 21.9 Å². The van der Waals surface area contributed by atoms with Crippen LogP contribution in [0.2, 0.25) is 0 Å². The molecule has 0 aliphatic carbocycles. The summed E-state index contributed by atoms with van der Waals surface area (Å²) in [4.78, 5) is 12.7. The minimum Gasteiger partial charge on any atom is -0.480 e. The van der Waals surface area contributed by atoms with Crippen LogP contribution in [0.15, 0.2) is 16.6 Å². The summed E-state index contributed by atoms with van der Waals surface area (Å²) in [7, 11) is 0. The lowest BCUT2D eigenvalue weighted by Gasteiger charge is -2.19. The average Bonchev–Trinajstić information content (AvgIpc) is 2.77. The molecule has 0 saturated carbocycles. The van der Waals surface area contributed by atoms with Crippen LogP contribution in [-0.4, -0.2) is 35.9 Å². The number of hydrogen-bond donors (Lipinski definition) is 1. The van der Waals surface area contributed by atoms with Crippen molar-refractivity contribution in [3.63, 3.8) is 0 Å². The third-order valence-electron chi connectivity index (χ3n) is 2.79. The third-order valence-corrected chi connectivity index (χ3v) is 3.38. The highest BCUT2D eigenvalue weighted by atomic mass is 79.9. The molecule has 0 radical (unpaired) electrons. The molecule has 0 atom stereocenters. The van der Waals surface area contributed by atoms with Gasteiger partial charge in [-0.25, -0.2) is 0 Å². The first-order valence-electron chi connectivity index (χ1n) is 6.12. The minimum absolute atomic E-state index is 0.0416. The largest absolute Gasteiger partial charge is 0.480 e. The molecule has 5 nitrogen and oxygen atoms in total. The van der Waals surface area contributed by atoms with Crippen molar-refractivity contribution in [3.05, 3.63) is 22.2 Å². The number of carbonyl (C=O) groups is 1. The van der Waals surface area contributed by atoms with E-state index in [1.807, 2.05) is 24.0 Å². The first-order chi connectivity index (χ1) is 9.10. The van der Waals surface area contributed by atoms with Gasteiger partial charge in [0.2, 0.25) is 6.79 Å².